The van der Waals surface area contributed by atoms with Crippen LogP contribution in [0.5, 0.6) is 0 Å². The van der Waals surface area contributed by atoms with Crippen molar-refractivity contribution >= 4 is 5.91 Å². The Kier molecular flexibility index (Phi) is 4.73. The van der Waals surface area contributed by atoms with Crippen molar-refractivity contribution in [3.05, 3.63) is 27.7 Å². The SMILES string of the molecule is O=C1C(N2CC(Cn3nc4c(cc3=O)CCCC4)C2)CCN1CC(F)(F)F. The summed E-state index contributed by atoms with van der Waals surface area (Å²) in [5, 5.41) is 4.51. The van der Waals surface area contributed by atoms with E-state index < -0.39 is 24.7 Å². The fourth-order valence-corrected chi connectivity index (χ4v) is 4.39. The summed E-state index contributed by atoms with van der Waals surface area (Å²) in [7, 11) is 0. The van der Waals surface area contributed by atoms with Gasteiger partial charge in [-0.1, -0.05) is 0 Å². The monoisotopic (exact) mass is 384 g/mol. The lowest BCUT2D eigenvalue weighted by Crippen LogP contribution is -2.56. The standard InChI is InChI=1S/C18H23F3N4O2/c19-18(20,21)11-23-6-5-15(17(23)27)24-8-12(9-24)10-25-16(26)7-13-3-1-2-4-14(13)22-25/h7,12,15H,1-6,8-11H2. The molecule has 148 valence electrons. The van der Waals surface area contributed by atoms with E-state index >= 15 is 0 Å². The quantitative estimate of drug-likeness (QED) is 0.783. The van der Waals surface area contributed by atoms with Crippen molar-refractivity contribution < 1.29 is 18.0 Å². The Morgan fingerprint density at radius 3 is 2.63 bits per heavy atom. The Morgan fingerprint density at radius 2 is 1.89 bits per heavy atom. The Morgan fingerprint density at radius 1 is 1.15 bits per heavy atom. The molecular weight excluding hydrogens is 361 g/mol. The van der Waals surface area contributed by atoms with Crippen molar-refractivity contribution in [2.75, 3.05) is 26.2 Å². The first-order valence-electron chi connectivity index (χ1n) is 9.50. The van der Waals surface area contributed by atoms with Crippen molar-refractivity contribution in [1.82, 2.24) is 19.6 Å². The zero-order chi connectivity index (χ0) is 19.2. The first-order chi connectivity index (χ1) is 12.8. The number of hydrogen-bond donors (Lipinski definition) is 0. The molecule has 1 aliphatic carbocycles. The van der Waals surface area contributed by atoms with Crippen LogP contribution in [0.1, 0.15) is 30.5 Å². The number of carbonyl (C=O) groups is 1. The third-order valence-corrected chi connectivity index (χ3v) is 5.77. The van der Waals surface area contributed by atoms with E-state index in [4.69, 9.17) is 0 Å². The molecule has 0 radical (unpaired) electrons. The van der Waals surface area contributed by atoms with Crippen LogP contribution in [-0.4, -0.2) is 63.9 Å². The lowest BCUT2D eigenvalue weighted by atomic mass is 9.96. The highest BCUT2D eigenvalue weighted by Crippen LogP contribution is 2.28. The molecule has 0 N–H and O–H groups in total. The van der Waals surface area contributed by atoms with Crippen LogP contribution in [-0.2, 0) is 24.2 Å². The van der Waals surface area contributed by atoms with Gasteiger partial charge >= 0.3 is 6.18 Å². The van der Waals surface area contributed by atoms with Gasteiger partial charge in [0, 0.05) is 31.6 Å². The Hall–Kier alpha value is -1.90. The van der Waals surface area contributed by atoms with Crippen molar-refractivity contribution in [3.8, 4) is 0 Å². The van der Waals surface area contributed by atoms with Gasteiger partial charge in [-0.15, -0.1) is 0 Å². The second-order valence-electron chi connectivity index (χ2n) is 7.84. The molecule has 1 unspecified atom stereocenters. The molecule has 9 heteroatoms. The van der Waals surface area contributed by atoms with Gasteiger partial charge in [0.1, 0.15) is 6.54 Å². The molecule has 2 fully saturated rings. The number of aryl methyl sites for hydroxylation is 2. The smallest absolute Gasteiger partial charge is 0.332 e. The van der Waals surface area contributed by atoms with Gasteiger partial charge in [-0.2, -0.15) is 18.3 Å². The fraction of sp³-hybridized carbons (Fsp3) is 0.722. The average Bonchev–Trinajstić information content (AvgIpc) is 2.89. The van der Waals surface area contributed by atoms with Gasteiger partial charge in [0.2, 0.25) is 5.91 Å². The van der Waals surface area contributed by atoms with E-state index in [0.717, 1.165) is 41.8 Å². The second kappa shape index (κ2) is 6.92. The molecule has 3 aliphatic rings. The third-order valence-electron chi connectivity index (χ3n) is 5.77. The number of aromatic nitrogens is 2. The van der Waals surface area contributed by atoms with Crippen molar-refractivity contribution in [2.24, 2.45) is 5.92 Å². The molecule has 0 saturated carbocycles. The van der Waals surface area contributed by atoms with Crippen molar-refractivity contribution in [1.29, 1.82) is 0 Å². The summed E-state index contributed by atoms with van der Waals surface area (Å²) in [6, 6.07) is 1.23. The van der Waals surface area contributed by atoms with Crippen LogP contribution in [0, 0.1) is 5.92 Å². The average molecular weight is 384 g/mol. The highest BCUT2D eigenvalue weighted by Gasteiger charge is 2.44. The number of alkyl halides is 3. The molecule has 0 bridgehead atoms. The Labute approximate surface area is 154 Å². The Balaban J connectivity index is 1.33. The van der Waals surface area contributed by atoms with Gasteiger partial charge in [-0.25, -0.2) is 4.68 Å². The minimum atomic E-state index is -4.36. The van der Waals surface area contributed by atoms with Gasteiger partial charge in [0.05, 0.1) is 18.3 Å². The lowest BCUT2D eigenvalue weighted by Gasteiger charge is -2.42. The number of carbonyl (C=O) groups excluding carboxylic acids is 1. The van der Waals surface area contributed by atoms with E-state index in [9.17, 15) is 22.8 Å². The van der Waals surface area contributed by atoms with Crippen LogP contribution in [0.15, 0.2) is 10.9 Å². The lowest BCUT2D eigenvalue weighted by molar-refractivity contribution is -0.160. The van der Waals surface area contributed by atoms with Crippen LogP contribution >= 0.6 is 0 Å². The summed E-state index contributed by atoms with van der Waals surface area (Å²) >= 11 is 0. The normalized spacial score (nSPS) is 24.2. The van der Waals surface area contributed by atoms with E-state index in [2.05, 4.69) is 5.10 Å². The van der Waals surface area contributed by atoms with Crippen LogP contribution in [0.3, 0.4) is 0 Å². The van der Waals surface area contributed by atoms with E-state index in [1.54, 1.807) is 6.07 Å². The molecule has 1 amide bonds. The molecule has 0 spiro atoms. The third kappa shape index (κ3) is 3.88. The summed E-state index contributed by atoms with van der Waals surface area (Å²) in [5.74, 6) is -0.240. The molecule has 3 heterocycles. The molecule has 27 heavy (non-hydrogen) atoms. The van der Waals surface area contributed by atoms with Crippen molar-refractivity contribution in [3.63, 3.8) is 0 Å². The molecule has 2 aliphatic heterocycles. The summed E-state index contributed by atoms with van der Waals surface area (Å²) in [5.41, 5.74) is 1.97. The highest BCUT2D eigenvalue weighted by molar-refractivity contribution is 5.84. The van der Waals surface area contributed by atoms with Crippen LogP contribution < -0.4 is 5.56 Å². The maximum Gasteiger partial charge on any atom is 0.406 e. The summed E-state index contributed by atoms with van der Waals surface area (Å²) in [6.07, 6.45) is 0.0654. The van der Waals surface area contributed by atoms with E-state index in [0.29, 0.717) is 26.1 Å². The predicted molar refractivity (Wildman–Crippen MR) is 91.2 cm³/mol. The van der Waals surface area contributed by atoms with Crippen molar-refractivity contribution in [2.45, 2.75) is 50.9 Å². The van der Waals surface area contributed by atoms with Gasteiger partial charge in [0.25, 0.3) is 5.56 Å². The summed E-state index contributed by atoms with van der Waals surface area (Å²) < 4.78 is 39.1. The molecular formula is C18H23F3N4O2. The van der Waals surface area contributed by atoms with Crippen LogP contribution in [0.2, 0.25) is 0 Å². The minimum absolute atomic E-state index is 0.0950. The molecule has 0 aromatic carbocycles. The molecule has 1 aromatic rings. The number of hydrogen-bond acceptors (Lipinski definition) is 4. The number of rotatable bonds is 4. The van der Waals surface area contributed by atoms with E-state index in [1.165, 1.54) is 4.68 Å². The number of amides is 1. The van der Waals surface area contributed by atoms with Gasteiger partial charge in [-0.05, 0) is 37.7 Å². The highest BCUT2D eigenvalue weighted by atomic mass is 19.4. The second-order valence-corrected chi connectivity index (χ2v) is 7.84. The zero-order valence-electron chi connectivity index (χ0n) is 15.0. The minimum Gasteiger partial charge on any atom is -0.332 e. The molecule has 4 rings (SSSR count). The first kappa shape index (κ1) is 18.5. The number of fused-ring (bicyclic) bond motifs is 1. The molecule has 1 atom stereocenters. The Bertz CT molecular complexity index is 786. The van der Waals surface area contributed by atoms with Gasteiger partial charge < -0.3 is 4.90 Å². The summed E-state index contributed by atoms with van der Waals surface area (Å²) in [4.78, 5) is 27.3. The fourth-order valence-electron chi connectivity index (χ4n) is 4.39. The van der Waals surface area contributed by atoms with Gasteiger partial charge in [0.15, 0.2) is 0 Å². The maximum atomic E-state index is 12.5. The topological polar surface area (TPSA) is 58.4 Å². The predicted octanol–water partition coefficient (Wildman–Crippen LogP) is 1.22. The molecule has 2 saturated heterocycles. The van der Waals surface area contributed by atoms with Crippen LogP contribution in [0.4, 0.5) is 13.2 Å². The molecule has 6 nitrogen and oxygen atoms in total. The van der Waals surface area contributed by atoms with E-state index in [1.807, 2.05) is 4.90 Å². The summed E-state index contributed by atoms with van der Waals surface area (Å²) in [6.45, 7) is 0.697. The van der Waals surface area contributed by atoms with Crippen LogP contribution in [0.25, 0.3) is 0 Å². The van der Waals surface area contributed by atoms with E-state index in [-0.39, 0.29) is 18.0 Å². The number of halogens is 3. The zero-order valence-corrected chi connectivity index (χ0v) is 15.0. The number of likely N-dealkylation sites (tertiary alicyclic amines) is 2. The number of nitrogens with zero attached hydrogens (tertiary/aromatic N) is 4. The molecule has 1 aromatic heterocycles. The first-order valence-corrected chi connectivity index (χ1v) is 9.50. The maximum absolute atomic E-state index is 12.5. The van der Waals surface area contributed by atoms with Gasteiger partial charge in [-0.3, -0.25) is 14.5 Å². The largest absolute Gasteiger partial charge is 0.406 e.